The van der Waals surface area contributed by atoms with Crippen LogP contribution in [-0.2, 0) is 16.6 Å². The molecule has 2 aromatic heterocycles. The lowest BCUT2D eigenvalue weighted by Crippen LogP contribution is -2.14. The van der Waals surface area contributed by atoms with Crippen LogP contribution in [0.2, 0.25) is 0 Å². The van der Waals surface area contributed by atoms with E-state index in [-0.39, 0.29) is 11.5 Å². The third kappa shape index (κ3) is 4.00. The van der Waals surface area contributed by atoms with Crippen LogP contribution in [0, 0.1) is 0 Å². The zero-order valence-corrected chi connectivity index (χ0v) is 16.0. The molecule has 0 atom stereocenters. The Hall–Kier alpha value is -3.31. The molecule has 0 saturated heterocycles. The fraction of sp³-hybridized carbons (Fsp3) is 0.0588. The molecule has 0 unspecified atom stereocenters. The van der Waals surface area contributed by atoms with Crippen molar-refractivity contribution < 1.29 is 13.2 Å². The molecule has 4 rings (SSSR count). The maximum Gasteiger partial charge on any atom is 0.262 e. The van der Waals surface area contributed by atoms with Crippen LogP contribution in [0.4, 0.5) is 5.69 Å². The highest BCUT2D eigenvalue weighted by atomic mass is 32.2. The first-order valence-corrected chi connectivity index (χ1v) is 10.5. The minimum Gasteiger partial charge on any atom is -0.485 e. The molecule has 0 saturated carbocycles. The van der Waals surface area contributed by atoms with E-state index >= 15 is 0 Å². The Balaban J connectivity index is 1.58. The van der Waals surface area contributed by atoms with Crippen molar-refractivity contribution >= 4 is 27.0 Å². The molecule has 2 aromatic carbocycles. The Morgan fingerprint density at radius 1 is 1.14 bits per heavy atom. The lowest BCUT2D eigenvalue weighted by Gasteiger charge is -2.13. The van der Waals surface area contributed by atoms with Gasteiger partial charge < -0.3 is 4.74 Å². The maximum atomic E-state index is 12.9. The molecular weight excluding hydrogens is 400 g/mol. The van der Waals surface area contributed by atoms with Gasteiger partial charge in [-0.05, 0) is 40.8 Å². The van der Waals surface area contributed by atoms with Crippen LogP contribution in [0.1, 0.15) is 5.69 Å². The van der Waals surface area contributed by atoms with Crippen molar-refractivity contribution in [2.45, 2.75) is 11.5 Å². The highest BCUT2D eigenvalue weighted by Crippen LogP contribution is 2.27. The van der Waals surface area contributed by atoms with Gasteiger partial charge in [0.1, 0.15) is 18.7 Å². The molecule has 142 valence electrons. The third-order valence-electron chi connectivity index (χ3n) is 3.73. The van der Waals surface area contributed by atoms with Crippen LogP contribution in [0.5, 0.6) is 5.75 Å². The SMILES string of the molecule is O=S(=O)(Nc1ccccc1OCc1cscn1)c1cccc(-n2cnnn2)c1. The third-order valence-corrected chi connectivity index (χ3v) is 5.73. The Morgan fingerprint density at radius 2 is 2.04 bits per heavy atom. The van der Waals surface area contributed by atoms with E-state index in [1.165, 1.54) is 34.5 Å². The number of rotatable bonds is 7. The molecule has 4 aromatic rings. The molecule has 0 bridgehead atoms. The number of aromatic nitrogens is 5. The number of para-hydroxylation sites is 2. The molecule has 28 heavy (non-hydrogen) atoms. The van der Waals surface area contributed by atoms with Gasteiger partial charge in [0.2, 0.25) is 0 Å². The van der Waals surface area contributed by atoms with E-state index in [0.717, 1.165) is 5.69 Å². The number of benzene rings is 2. The summed E-state index contributed by atoms with van der Waals surface area (Å²) in [5.41, 5.74) is 3.36. The highest BCUT2D eigenvalue weighted by Gasteiger charge is 2.17. The Kier molecular flexibility index (Phi) is 5.00. The molecule has 0 amide bonds. The van der Waals surface area contributed by atoms with Crippen LogP contribution >= 0.6 is 11.3 Å². The van der Waals surface area contributed by atoms with Crippen molar-refractivity contribution in [3.63, 3.8) is 0 Å². The minimum atomic E-state index is -3.85. The molecule has 0 aliphatic heterocycles. The number of nitrogens with zero attached hydrogens (tertiary/aromatic N) is 5. The first kappa shape index (κ1) is 18.1. The summed E-state index contributed by atoms with van der Waals surface area (Å²) in [5, 5.41) is 12.8. The fourth-order valence-corrected chi connectivity index (χ4v) is 4.07. The summed E-state index contributed by atoms with van der Waals surface area (Å²) in [4.78, 5) is 4.23. The van der Waals surface area contributed by atoms with Crippen LogP contribution in [0.25, 0.3) is 5.69 Å². The van der Waals surface area contributed by atoms with Gasteiger partial charge in [0, 0.05) is 5.38 Å². The second-order valence-electron chi connectivity index (χ2n) is 5.62. The number of anilines is 1. The lowest BCUT2D eigenvalue weighted by atomic mass is 10.3. The zero-order chi connectivity index (χ0) is 19.4. The summed E-state index contributed by atoms with van der Waals surface area (Å²) >= 11 is 1.47. The van der Waals surface area contributed by atoms with Gasteiger partial charge in [-0.15, -0.1) is 16.4 Å². The summed E-state index contributed by atoms with van der Waals surface area (Å²) in [5.74, 6) is 0.413. The van der Waals surface area contributed by atoms with Gasteiger partial charge in [-0.1, -0.05) is 18.2 Å². The number of sulfonamides is 1. The average Bonchev–Trinajstić information content (AvgIpc) is 3.41. The van der Waals surface area contributed by atoms with Crippen LogP contribution in [-0.4, -0.2) is 33.6 Å². The van der Waals surface area contributed by atoms with Crippen molar-refractivity contribution in [2.75, 3.05) is 4.72 Å². The number of hydrogen-bond donors (Lipinski definition) is 1. The zero-order valence-electron chi connectivity index (χ0n) is 14.3. The molecule has 2 heterocycles. The van der Waals surface area contributed by atoms with Crippen LogP contribution in [0.15, 0.2) is 70.6 Å². The predicted octanol–water partition coefficient (Wildman–Crippen LogP) is 2.50. The Labute approximate surface area is 164 Å². The van der Waals surface area contributed by atoms with E-state index in [0.29, 0.717) is 17.1 Å². The Bertz CT molecular complexity index is 1160. The normalized spacial score (nSPS) is 11.3. The van der Waals surface area contributed by atoms with Crippen molar-refractivity contribution in [1.29, 1.82) is 0 Å². The van der Waals surface area contributed by atoms with E-state index in [1.54, 1.807) is 41.9 Å². The fourth-order valence-electron chi connectivity index (χ4n) is 2.41. The average molecular weight is 414 g/mol. The largest absolute Gasteiger partial charge is 0.485 e. The summed E-state index contributed by atoms with van der Waals surface area (Å²) in [6.45, 7) is 0.247. The summed E-state index contributed by atoms with van der Waals surface area (Å²) < 4.78 is 35.4. The molecule has 0 aliphatic carbocycles. The molecule has 9 nitrogen and oxygen atoms in total. The van der Waals surface area contributed by atoms with Gasteiger partial charge >= 0.3 is 0 Å². The molecule has 1 N–H and O–H groups in total. The number of ether oxygens (including phenoxy) is 1. The predicted molar refractivity (Wildman–Crippen MR) is 103 cm³/mol. The van der Waals surface area contributed by atoms with Crippen LogP contribution in [0.3, 0.4) is 0 Å². The van der Waals surface area contributed by atoms with E-state index in [9.17, 15) is 8.42 Å². The summed E-state index contributed by atoms with van der Waals surface area (Å²) in [6, 6.07) is 13.1. The minimum absolute atomic E-state index is 0.0785. The second kappa shape index (κ2) is 7.74. The number of thiazole rings is 1. The highest BCUT2D eigenvalue weighted by molar-refractivity contribution is 7.92. The molecule has 0 aliphatic rings. The van der Waals surface area contributed by atoms with E-state index in [1.807, 2.05) is 5.38 Å². The smallest absolute Gasteiger partial charge is 0.262 e. The molecule has 0 spiro atoms. The van der Waals surface area contributed by atoms with Gasteiger partial charge in [-0.25, -0.2) is 18.1 Å². The first-order chi connectivity index (χ1) is 13.6. The molecular formula is C17H14N6O3S2. The standard InChI is InChI=1S/C17H14N6O3S2/c24-28(25,15-5-3-4-14(8-15)23-11-19-21-22-23)20-16-6-1-2-7-17(16)26-9-13-10-27-12-18-13/h1-8,10-12,20H,9H2. The summed E-state index contributed by atoms with van der Waals surface area (Å²) in [6.07, 6.45) is 1.39. The van der Waals surface area contributed by atoms with Crippen molar-refractivity contribution in [2.24, 2.45) is 0 Å². The van der Waals surface area contributed by atoms with Gasteiger partial charge in [0.05, 0.1) is 27.5 Å². The molecule has 0 radical (unpaired) electrons. The lowest BCUT2D eigenvalue weighted by molar-refractivity contribution is 0.304. The van der Waals surface area contributed by atoms with Gasteiger partial charge in [0.15, 0.2) is 0 Å². The second-order valence-corrected chi connectivity index (χ2v) is 8.02. The first-order valence-electron chi connectivity index (χ1n) is 8.07. The van der Waals surface area contributed by atoms with E-state index in [2.05, 4.69) is 25.2 Å². The number of tetrazole rings is 1. The number of hydrogen-bond acceptors (Lipinski definition) is 8. The van der Waals surface area contributed by atoms with Crippen molar-refractivity contribution in [1.82, 2.24) is 25.2 Å². The van der Waals surface area contributed by atoms with Crippen molar-refractivity contribution in [3.05, 3.63) is 71.4 Å². The van der Waals surface area contributed by atoms with Gasteiger partial charge in [-0.3, -0.25) is 4.72 Å². The monoisotopic (exact) mass is 414 g/mol. The van der Waals surface area contributed by atoms with Gasteiger partial charge in [-0.2, -0.15) is 0 Å². The number of nitrogens with one attached hydrogen (secondary N) is 1. The van der Waals surface area contributed by atoms with Crippen molar-refractivity contribution in [3.8, 4) is 11.4 Å². The van der Waals surface area contributed by atoms with Gasteiger partial charge in [0.25, 0.3) is 10.0 Å². The summed E-state index contributed by atoms with van der Waals surface area (Å²) in [7, 11) is -3.85. The molecule has 0 fully saturated rings. The molecule has 11 heteroatoms. The van der Waals surface area contributed by atoms with Crippen LogP contribution < -0.4 is 9.46 Å². The van der Waals surface area contributed by atoms with E-state index < -0.39 is 10.0 Å². The quantitative estimate of drug-likeness (QED) is 0.494. The topological polar surface area (TPSA) is 112 Å². The van der Waals surface area contributed by atoms with E-state index in [4.69, 9.17) is 4.74 Å². The Morgan fingerprint density at radius 3 is 2.82 bits per heavy atom. The maximum absolute atomic E-state index is 12.9.